The molecule has 1 unspecified atom stereocenters. The number of hydroxylamine groups is 1. The van der Waals surface area contributed by atoms with Crippen LogP contribution in [0.15, 0.2) is 60.7 Å². The number of hydrogen-bond acceptors (Lipinski definition) is 6. The first-order chi connectivity index (χ1) is 19.9. The Morgan fingerprint density at radius 1 is 0.927 bits per heavy atom. The summed E-state index contributed by atoms with van der Waals surface area (Å²) in [5, 5.41) is 13.7. The molecule has 0 saturated carbocycles. The molecule has 1 heterocycles. The van der Waals surface area contributed by atoms with E-state index in [0.29, 0.717) is 45.6 Å². The molecule has 0 radical (unpaired) electrons. The minimum atomic E-state index is -0.755. The molecule has 41 heavy (non-hydrogen) atoms. The van der Waals surface area contributed by atoms with E-state index in [0.717, 1.165) is 30.6 Å². The average molecular weight is 568 g/mol. The highest BCUT2D eigenvalue weighted by molar-refractivity contribution is 5.88. The number of nitrogens with one attached hydrogen (secondary N) is 3. The molecule has 4 amide bonds. The lowest BCUT2D eigenvalue weighted by Gasteiger charge is -2.31. The number of aryl methyl sites for hydroxylation is 1. The van der Waals surface area contributed by atoms with Crippen molar-refractivity contribution in [3.63, 3.8) is 0 Å². The maximum absolute atomic E-state index is 13.8. The maximum atomic E-state index is 13.8. The lowest BCUT2D eigenvalue weighted by Crippen LogP contribution is -2.54. The Bertz CT molecular complexity index is 1060. The molecule has 2 aromatic carbocycles. The van der Waals surface area contributed by atoms with Gasteiger partial charge in [0.15, 0.2) is 0 Å². The van der Waals surface area contributed by atoms with Gasteiger partial charge in [-0.15, -0.1) is 0 Å². The number of rotatable bonds is 14. The van der Waals surface area contributed by atoms with E-state index in [1.54, 1.807) is 5.48 Å². The molecule has 0 aromatic heterocycles. The highest BCUT2D eigenvalue weighted by Crippen LogP contribution is 2.27. The highest BCUT2D eigenvalue weighted by atomic mass is 16.5. The van der Waals surface area contributed by atoms with Gasteiger partial charge in [0, 0.05) is 26.2 Å². The third-order valence-electron chi connectivity index (χ3n) is 7.30. The number of benzene rings is 2. The summed E-state index contributed by atoms with van der Waals surface area (Å²) in [5.41, 5.74) is 6.58. The van der Waals surface area contributed by atoms with Crippen molar-refractivity contribution in [1.82, 2.24) is 26.1 Å². The van der Waals surface area contributed by atoms with Crippen LogP contribution in [-0.2, 0) is 27.3 Å². The molecule has 4 N–H and O–H groups in total. The second-order valence-corrected chi connectivity index (χ2v) is 10.9. The fourth-order valence-corrected chi connectivity index (χ4v) is 5.12. The van der Waals surface area contributed by atoms with Crippen LogP contribution < -0.4 is 16.2 Å². The first-order valence-corrected chi connectivity index (χ1v) is 14.5. The van der Waals surface area contributed by atoms with E-state index in [4.69, 9.17) is 4.74 Å². The smallest absolute Gasteiger partial charge is 0.336 e. The molecule has 1 saturated heterocycles. The van der Waals surface area contributed by atoms with Crippen molar-refractivity contribution in [3.8, 4) is 0 Å². The maximum Gasteiger partial charge on any atom is 0.336 e. The first-order valence-electron chi connectivity index (χ1n) is 14.5. The molecule has 0 aliphatic carbocycles. The van der Waals surface area contributed by atoms with Crippen molar-refractivity contribution in [2.24, 2.45) is 17.8 Å². The monoisotopic (exact) mass is 567 g/mol. The van der Waals surface area contributed by atoms with E-state index in [9.17, 15) is 19.6 Å². The van der Waals surface area contributed by atoms with Crippen LogP contribution in [0.2, 0.25) is 0 Å². The van der Waals surface area contributed by atoms with Crippen LogP contribution in [0.3, 0.4) is 0 Å². The van der Waals surface area contributed by atoms with Crippen LogP contribution in [0.5, 0.6) is 0 Å². The molecule has 1 aliphatic rings. The Balaban J connectivity index is 1.71. The van der Waals surface area contributed by atoms with Gasteiger partial charge in [0.1, 0.15) is 0 Å². The van der Waals surface area contributed by atoms with Gasteiger partial charge in [-0.3, -0.25) is 25.1 Å². The van der Waals surface area contributed by atoms with Crippen molar-refractivity contribution in [2.75, 3.05) is 39.4 Å². The summed E-state index contributed by atoms with van der Waals surface area (Å²) in [6.45, 7) is 8.21. The molecule has 2 atom stereocenters. The summed E-state index contributed by atoms with van der Waals surface area (Å²) in [7, 11) is 0. The van der Waals surface area contributed by atoms with E-state index in [-0.39, 0.29) is 12.5 Å². The number of hydrazine groups is 1. The number of nitrogens with zero attached hydrogens (tertiary/aromatic N) is 2. The minimum absolute atomic E-state index is 0.110. The molecule has 0 bridgehead atoms. The Morgan fingerprint density at radius 2 is 1.56 bits per heavy atom. The molecule has 2 aromatic rings. The van der Waals surface area contributed by atoms with E-state index in [1.165, 1.54) is 5.01 Å². The van der Waals surface area contributed by atoms with Crippen molar-refractivity contribution < 1.29 is 24.3 Å². The molecule has 0 spiro atoms. The van der Waals surface area contributed by atoms with Gasteiger partial charge in [0.05, 0.1) is 31.6 Å². The zero-order valence-corrected chi connectivity index (χ0v) is 24.3. The number of urea groups is 1. The van der Waals surface area contributed by atoms with Gasteiger partial charge in [-0.1, -0.05) is 74.5 Å². The summed E-state index contributed by atoms with van der Waals surface area (Å²) < 4.78 is 5.39. The molecule has 10 nitrogen and oxygen atoms in total. The van der Waals surface area contributed by atoms with E-state index >= 15 is 0 Å². The van der Waals surface area contributed by atoms with E-state index < -0.39 is 29.7 Å². The third kappa shape index (κ3) is 11.1. The van der Waals surface area contributed by atoms with E-state index in [1.807, 2.05) is 74.5 Å². The average Bonchev–Trinajstić information content (AvgIpc) is 2.99. The third-order valence-corrected chi connectivity index (χ3v) is 7.30. The second kappa shape index (κ2) is 17.4. The Morgan fingerprint density at radius 3 is 2.17 bits per heavy atom. The number of amides is 4. The van der Waals surface area contributed by atoms with Crippen LogP contribution in [0.1, 0.15) is 44.2 Å². The number of carbonyl (C=O) groups is 3. The van der Waals surface area contributed by atoms with Crippen molar-refractivity contribution in [2.45, 2.75) is 46.1 Å². The number of ether oxygens (including phenoxy) is 1. The summed E-state index contributed by atoms with van der Waals surface area (Å²) in [6, 6.07) is 18.9. The van der Waals surface area contributed by atoms with Crippen LogP contribution in [0, 0.1) is 17.8 Å². The molecule has 1 aliphatic heterocycles. The molecular weight excluding hydrogens is 522 g/mol. The lowest BCUT2D eigenvalue weighted by atomic mass is 9.81. The number of morpholine rings is 1. The van der Waals surface area contributed by atoms with Crippen molar-refractivity contribution in [1.29, 1.82) is 0 Å². The number of carbonyl (C=O) groups excluding carboxylic acids is 3. The molecule has 10 heteroatoms. The summed E-state index contributed by atoms with van der Waals surface area (Å²) in [6.07, 6.45) is 2.25. The van der Waals surface area contributed by atoms with Gasteiger partial charge in [0.2, 0.25) is 11.8 Å². The van der Waals surface area contributed by atoms with Gasteiger partial charge in [-0.05, 0) is 42.7 Å². The normalized spacial score (nSPS) is 15.1. The highest BCUT2D eigenvalue weighted by Gasteiger charge is 2.35. The summed E-state index contributed by atoms with van der Waals surface area (Å²) in [4.78, 5) is 42.1. The first kappa shape index (κ1) is 32.0. The SMILES string of the molecule is CC(C)C[C@@H](C(=O)NN(Cc1ccccc1)C(=O)NCCN1CCOCC1)C(CCCc1ccccc1)C(=O)NO. The standard InChI is InChI=1S/C31H45N5O5/c1-24(2)22-28(27(30(38)34-40)15-9-14-25-10-5-3-6-11-25)29(37)33-36(23-26-12-7-4-8-13-26)31(39)32-16-17-35-18-20-41-21-19-35/h3-8,10-13,24,27-28,40H,9,14-23H2,1-2H3,(H,32,39)(H,33,37)(H,34,38)/t27?,28-/m1/s1. The zero-order valence-electron chi connectivity index (χ0n) is 24.3. The molecule has 3 rings (SSSR count). The van der Waals surface area contributed by atoms with Gasteiger partial charge in [0.25, 0.3) is 0 Å². The van der Waals surface area contributed by atoms with Crippen molar-refractivity contribution in [3.05, 3.63) is 71.8 Å². The Labute approximate surface area is 243 Å². The Hall–Kier alpha value is -3.47. The van der Waals surface area contributed by atoms with Crippen LogP contribution in [0.25, 0.3) is 0 Å². The fourth-order valence-electron chi connectivity index (χ4n) is 5.12. The summed E-state index contributed by atoms with van der Waals surface area (Å²) in [5.74, 6) is -2.40. The Kier molecular flexibility index (Phi) is 13.6. The largest absolute Gasteiger partial charge is 0.379 e. The minimum Gasteiger partial charge on any atom is -0.379 e. The predicted octanol–water partition coefficient (Wildman–Crippen LogP) is 3.37. The molecule has 224 valence electrons. The van der Waals surface area contributed by atoms with Gasteiger partial charge < -0.3 is 10.1 Å². The second-order valence-electron chi connectivity index (χ2n) is 10.9. The quantitative estimate of drug-likeness (QED) is 0.205. The van der Waals surface area contributed by atoms with Gasteiger partial charge in [-0.25, -0.2) is 15.3 Å². The zero-order chi connectivity index (χ0) is 29.5. The van der Waals surface area contributed by atoms with Gasteiger partial charge >= 0.3 is 6.03 Å². The van der Waals surface area contributed by atoms with Crippen LogP contribution >= 0.6 is 0 Å². The lowest BCUT2D eigenvalue weighted by molar-refractivity contribution is -0.142. The molecule has 1 fully saturated rings. The van der Waals surface area contributed by atoms with Crippen molar-refractivity contribution >= 4 is 17.8 Å². The predicted molar refractivity (Wildman–Crippen MR) is 157 cm³/mol. The van der Waals surface area contributed by atoms with Gasteiger partial charge in [-0.2, -0.15) is 0 Å². The number of hydrogen-bond donors (Lipinski definition) is 4. The van der Waals surface area contributed by atoms with Crippen LogP contribution in [0.4, 0.5) is 4.79 Å². The van der Waals surface area contributed by atoms with E-state index in [2.05, 4.69) is 15.6 Å². The topological polar surface area (TPSA) is 123 Å². The molecular formula is C31H45N5O5. The summed E-state index contributed by atoms with van der Waals surface area (Å²) >= 11 is 0. The van der Waals surface area contributed by atoms with Crippen LogP contribution in [-0.4, -0.2) is 72.4 Å². The fraction of sp³-hybridized carbons (Fsp3) is 0.516.